The van der Waals surface area contributed by atoms with Crippen molar-refractivity contribution in [1.29, 1.82) is 0 Å². The molecule has 0 aromatic heterocycles. The number of aliphatic carboxylic acids is 1. The molecule has 0 rings (SSSR count). The molecule has 0 fully saturated rings. The molecule has 0 amide bonds. The average molecular weight is 342 g/mol. The van der Waals surface area contributed by atoms with Gasteiger partial charge in [-0.15, -0.1) is 0 Å². The van der Waals surface area contributed by atoms with Gasteiger partial charge in [0.1, 0.15) is 0 Å². The van der Waals surface area contributed by atoms with E-state index in [0.29, 0.717) is 10.7 Å². The fourth-order valence-electron chi connectivity index (χ4n) is 1.59. The van der Waals surface area contributed by atoms with Gasteiger partial charge < -0.3 is 5.11 Å². The smallest absolute Gasteiger partial charge is 0.335 e. The molecule has 0 aromatic carbocycles. The molecule has 7 heteroatoms. The van der Waals surface area contributed by atoms with Gasteiger partial charge in [-0.2, -0.15) is 12.7 Å². The van der Waals surface area contributed by atoms with Gasteiger partial charge in [-0.1, -0.05) is 65.7 Å². The summed E-state index contributed by atoms with van der Waals surface area (Å²) in [5, 5.41) is 8.41. The van der Waals surface area contributed by atoms with Crippen molar-refractivity contribution in [2.45, 2.75) is 78.6 Å². The molecule has 0 aromatic rings. The molecule has 22 heavy (non-hydrogen) atoms. The quantitative estimate of drug-likeness (QED) is 0.438. The Kier molecular flexibility index (Phi) is 19.9. The molecule has 0 radical (unpaired) electrons. The normalized spacial score (nSPS) is 10.6. The monoisotopic (exact) mass is 341 g/mol. The number of carboxylic acid groups (broad SMARTS) is 1. The molecule has 0 atom stereocenters. The zero-order valence-electron chi connectivity index (χ0n) is 13.5. The largest absolute Gasteiger partial charge is 0.481 e. The number of hydrogen-bond acceptors (Lipinski definition) is 3. The Morgan fingerprint density at radius 3 is 1.50 bits per heavy atom. The second kappa shape index (κ2) is 16.7. The van der Waals surface area contributed by atoms with Crippen molar-refractivity contribution < 1.29 is 22.9 Å². The summed E-state index contributed by atoms with van der Waals surface area (Å²) in [7, 11) is -1.42. The van der Waals surface area contributed by atoms with Crippen molar-refractivity contribution in [3.63, 3.8) is 0 Å². The Balaban J connectivity index is -0.000000385. The molecule has 0 unspecified atom stereocenters. The summed E-state index contributed by atoms with van der Waals surface area (Å²) in [5.41, 5.74) is 0. The Bertz CT molecular complexity index is 342. The van der Waals surface area contributed by atoms with Crippen LogP contribution >= 0.6 is 0 Å². The van der Waals surface area contributed by atoms with Crippen LogP contribution in [0.1, 0.15) is 78.6 Å². The summed E-state index contributed by atoms with van der Waals surface area (Å²) in [6.07, 6.45) is 11.5. The number of hydrogen-bond donors (Lipinski definition) is 2. The van der Waals surface area contributed by atoms with Crippen molar-refractivity contribution in [2.75, 3.05) is 14.1 Å². The number of rotatable bonds is 11. The SMILES string of the molecule is C.CCCCCCCCCCCC(=O)O.CN(C)S(=O)(=O)O. The topological polar surface area (TPSA) is 94.9 Å². The van der Waals surface area contributed by atoms with Crippen LogP contribution in [0.2, 0.25) is 0 Å². The molecule has 0 heterocycles. The third-order valence-corrected chi connectivity index (χ3v) is 3.88. The first-order chi connectivity index (χ1) is 9.71. The first-order valence-corrected chi connectivity index (χ1v) is 8.98. The molecule has 0 saturated heterocycles. The Hall–Kier alpha value is -0.660. The van der Waals surface area contributed by atoms with Gasteiger partial charge in [0.2, 0.25) is 0 Å². The molecule has 2 N–H and O–H groups in total. The zero-order valence-corrected chi connectivity index (χ0v) is 14.4. The maximum absolute atomic E-state index is 10.2. The summed E-state index contributed by atoms with van der Waals surface area (Å²) in [4.78, 5) is 10.2. The third kappa shape index (κ3) is 24.4. The lowest BCUT2D eigenvalue weighted by Crippen LogP contribution is -2.20. The third-order valence-electron chi connectivity index (χ3n) is 2.96. The molecule has 6 nitrogen and oxygen atoms in total. The van der Waals surface area contributed by atoms with E-state index in [4.69, 9.17) is 9.66 Å². The minimum Gasteiger partial charge on any atom is -0.481 e. The van der Waals surface area contributed by atoms with E-state index in [9.17, 15) is 13.2 Å². The highest BCUT2D eigenvalue weighted by molar-refractivity contribution is 7.83. The predicted molar refractivity (Wildman–Crippen MR) is 91.4 cm³/mol. The van der Waals surface area contributed by atoms with Crippen molar-refractivity contribution in [1.82, 2.24) is 4.31 Å². The molecule has 0 aliphatic carbocycles. The number of nitrogens with zero attached hydrogens (tertiary/aromatic N) is 1. The van der Waals surface area contributed by atoms with Crippen molar-refractivity contribution >= 4 is 16.3 Å². The predicted octanol–water partition coefficient (Wildman–Crippen LogP) is 3.98. The van der Waals surface area contributed by atoms with Crippen LogP contribution in [0.3, 0.4) is 0 Å². The maximum Gasteiger partial charge on any atom is 0.335 e. The van der Waals surface area contributed by atoms with E-state index >= 15 is 0 Å². The van der Waals surface area contributed by atoms with E-state index in [0.717, 1.165) is 12.8 Å². The van der Waals surface area contributed by atoms with Gasteiger partial charge in [-0.3, -0.25) is 9.35 Å². The number of unbranched alkanes of at least 4 members (excludes halogenated alkanes) is 8. The van der Waals surface area contributed by atoms with Gasteiger partial charge in [0, 0.05) is 20.5 Å². The maximum atomic E-state index is 10.2. The molecular weight excluding hydrogens is 306 g/mol. The van der Waals surface area contributed by atoms with Gasteiger partial charge in [0.05, 0.1) is 0 Å². The van der Waals surface area contributed by atoms with Gasteiger partial charge in [-0.05, 0) is 6.42 Å². The van der Waals surface area contributed by atoms with Gasteiger partial charge in [0.25, 0.3) is 0 Å². The summed E-state index contributed by atoms with van der Waals surface area (Å²) < 4.78 is 28.3. The summed E-state index contributed by atoms with van der Waals surface area (Å²) in [5.74, 6) is -0.659. The fourth-order valence-corrected chi connectivity index (χ4v) is 1.59. The molecule has 0 spiro atoms. The van der Waals surface area contributed by atoms with E-state index in [-0.39, 0.29) is 7.43 Å². The van der Waals surface area contributed by atoms with Crippen LogP contribution in [0.15, 0.2) is 0 Å². The second-order valence-electron chi connectivity index (χ2n) is 5.23. The van der Waals surface area contributed by atoms with E-state index < -0.39 is 16.3 Å². The van der Waals surface area contributed by atoms with Crippen LogP contribution in [0.5, 0.6) is 0 Å². The highest BCUT2D eigenvalue weighted by atomic mass is 32.2. The van der Waals surface area contributed by atoms with Crippen LogP contribution in [0.4, 0.5) is 0 Å². The summed E-state index contributed by atoms with van der Waals surface area (Å²) >= 11 is 0. The van der Waals surface area contributed by atoms with Crippen LogP contribution < -0.4 is 0 Å². The Morgan fingerprint density at radius 2 is 1.23 bits per heavy atom. The number of carbonyl (C=O) groups is 1. The van der Waals surface area contributed by atoms with Crippen LogP contribution in [0, 0.1) is 0 Å². The minimum absolute atomic E-state index is 0. The Labute approximate surface area is 136 Å². The molecule has 0 aliphatic rings. The first kappa shape index (κ1) is 26.2. The van der Waals surface area contributed by atoms with Crippen LogP contribution in [0.25, 0.3) is 0 Å². The van der Waals surface area contributed by atoms with E-state index in [1.54, 1.807) is 0 Å². The standard InChI is InChI=1S/C12H24O2.C2H7NO3S.CH4/c1-2-3-4-5-6-7-8-9-10-11-12(13)14;1-3(2)7(4,5)6;/h2-11H2,1H3,(H,13,14);1-2H3,(H,4,5,6);1H4. The van der Waals surface area contributed by atoms with E-state index in [2.05, 4.69) is 6.92 Å². The molecular formula is C15H35NO5S. The zero-order chi connectivity index (χ0) is 16.7. The van der Waals surface area contributed by atoms with E-state index in [1.807, 2.05) is 0 Å². The lowest BCUT2D eigenvalue weighted by molar-refractivity contribution is -0.137. The summed E-state index contributed by atoms with van der Waals surface area (Å²) in [6.45, 7) is 2.23. The van der Waals surface area contributed by atoms with Crippen molar-refractivity contribution in [3.05, 3.63) is 0 Å². The minimum atomic E-state index is -3.91. The fraction of sp³-hybridized carbons (Fsp3) is 0.933. The second-order valence-corrected chi connectivity index (χ2v) is 6.86. The van der Waals surface area contributed by atoms with Crippen molar-refractivity contribution in [3.8, 4) is 0 Å². The van der Waals surface area contributed by atoms with E-state index in [1.165, 1.54) is 59.0 Å². The Morgan fingerprint density at radius 1 is 0.909 bits per heavy atom. The lowest BCUT2D eigenvalue weighted by Gasteiger charge is -2.00. The molecule has 0 aliphatic heterocycles. The lowest BCUT2D eigenvalue weighted by atomic mass is 10.1. The van der Waals surface area contributed by atoms with Gasteiger partial charge >= 0.3 is 16.3 Å². The van der Waals surface area contributed by atoms with Gasteiger partial charge in [-0.25, -0.2) is 0 Å². The first-order valence-electron chi connectivity index (χ1n) is 7.58. The van der Waals surface area contributed by atoms with Crippen LogP contribution in [-0.4, -0.2) is 42.4 Å². The molecule has 0 bridgehead atoms. The van der Waals surface area contributed by atoms with Crippen molar-refractivity contribution in [2.24, 2.45) is 0 Å². The van der Waals surface area contributed by atoms with Crippen LogP contribution in [-0.2, 0) is 15.1 Å². The van der Waals surface area contributed by atoms with Gasteiger partial charge in [0.15, 0.2) is 0 Å². The average Bonchev–Trinajstić information content (AvgIpc) is 2.36. The molecule has 0 saturated carbocycles. The highest BCUT2D eigenvalue weighted by Crippen LogP contribution is 2.10. The summed E-state index contributed by atoms with van der Waals surface area (Å²) in [6, 6.07) is 0. The highest BCUT2D eigenvalue weighted by Gasteiger charge is 2.04. The number of carboxylic acids is 1. The molecule has 136 valence electrons.